The zero-order valence-electron chi connectivity index (χ0n) is 8.60. The standard InChI is InChI=1S/C12H14O2S/c1-12(14,9-4-5-9)7-6-10(13)11-3-2-8-15-11/h2-3,8-10,13-14H,4-5H2,1H3/t10-,12-/m0/s1. The lowest BCUT2D eigenvalue weighted by atomic mass is 10.0. The minimum Gasteiger partial charge on any atom is -0.378 e. The van der Waals surface area contributed by atoms with Gasteiger partial charge in [0.25, 0.3) is 0 Å². The van der Waals surface area contributed by atoms with Crippen molar-refractivity contribution >= 4 is 11.3 Å². The molecule has 1 heterocycles. The second-order valence-electron chi connectivity index (χ2n) is 4.11. The Morgan fingerprint density at radius 3 is 2.87 bits per heavy atom. The first-order chi connectivity index (χ1) is 7.09. The number of aliphatic hydroxyl groups is 2. The minimum atomic E-state index is -0.932. The van der Waals surface area contributed by atoms with E-state index in [1.165, 1.54) is 11.3 Å². The van der Waals surface area contributed by atoms with E-state index >= 15 is 0 Å². The molecule has 0 radical (unpaired) electrons. The third kappa shape index (κ3) is 2.60. The van der Waals surface area contributed by atoms with E-state index in [-0.39, 0.29) is 0 Å². The summed E-state index contributed by atoms with van der Waals surface area (Å²) in [6.45, 7) is 1.72. The summed E-state index contributed by atoms with van der Waals surface area (Å²) in [7, 11) is 0. The summed E-state index contributed by atoms with van der Waals surface area (Å²) in [6.07, 6.45) is 1.31. The van der Waals surface area contributed by atoms with Crippen molar-refractivity contribution < 1.29 is 10.2 Å². The summed E-state index contributed by atoms with van der Waals surface area (Å²) < 4.78 is 0. The van der Waals surface area contributed by atoms with Crippen LogP contribution in [-0.4, -0.2) is 15.8 Å². The molecule has 2 rings (SSSR count). The molecule has 1 fully saturated rings. The Kier molecular flexibility index (Phi) is 2.83. The van der Waals surface area contributed by atoms with Gasteiger partial charge in [-0.2, -0.15) is 0 Å². The van der Waals surface area contributed by atoms with E-state index in [2.05, 4.69) is 11.8 Å². The molecule has 1 aromatic rings. The molecule has 0 aliphatic heterocycles. The van der Waals surface area contributed by atoms with Gasteiger partial charge in [0.15, 0.2) is 0 Å². The van der Waals surface area contributed by atoms with Crippen LogP contribution in [0.5, 0.6) is 0 Å². The molecule has 0 bridgehead atoms. The highest BCUT2D eigenvalue weighted by Gasteiger charge is 2.38. The van der Waals surface area contributed by atoms with E-state index in [0.717, 1.165) is 17.7 Å². The van der Waals surface area contributed by atoms with Crippen LogP contribution in [0.2, 0.25) is 0 Å². The van der Waals surface area contributed by atoms with Gasteiger partial charge in [0, 0.05) is 4.88 Å². The third-order valence-electron chi connectivity index (χ3n) is 2.65. The van der Waals surface area contributed by atoms with Gasteiger partial charge in [-0.25, -0.2) is 0 Å². The molecule has 0 saturated heterocycles. The van der Waals surface area contributed by atoms with Crippen molar-refractivity contribution in [1.29, 1.82) is 0 Å². The first-order valence-corrected chi connectivity index (χ1v) is 5.94. The maximum Gasteiger partial charge on any atom is 0.149 e. The molecule has 1 saturated carbocycles. The highest BCUT2D eigenvalue weighted by molar-refractivity contribution is 7.10. The molecule has 3 heteroatoms. The number of aliphatic hydroxyl groups excluding tert-OH is 1. The van der Waals surface area contributed by atoms with Gasteiger partial charge >= 0.3 is 0 Å². The molecule has 0 aromatic carbocycles. The Balaban J connectivity index is 2.04. The molecule has 0 spiro atoms. The Morgan fingerprint density at radius 1 is 1.60 bits per heavy atom. The lowest BCUT2D eigenvalue weighted by molar-refractivity contribution is 0.0972. The number of rotatable bonds is 2. The monoisotopic (exact) mass is 222 g/mol. The molecule has 1 aromatic heterocycles. The van der Waals surface area contributed by atoms with Gasteiger partial charge in [0.05, 0.1) is 0 Å². The van der Waals surface area contributed by atoms with Gasteiger partial charge in [-0.3, -0.25) is 0 Å². The Hall–Kier alpha value is -0.820. The van der Waals surface area contributed by atoms with E-state index in [4.69, 9.17) is 0 Å². The van der Waals surface area contributed by atoms with E-state index in [1.807, 2.05) is 17.5 Å². The number of hydrogen-bond acceptors (Lipinski definition) is 3. The summed E-state index contributed by atoms with van der Waals surface area (Å²) in [6, 6.07) is 3.72. The minimum absolute atomic E-state index is 0.292. The largest absolute Gasteiger partial charge is 0.378 e. The summed E-state index contributed by atoms with van der Waals surface area (Å²) >= 11 is 1.47. The zero-order valence-corrected chi connectivity index (χ0v) is 9.42. The molecule has 1 aliphatic carbocycles. The predicted octanol–water partition coefficient (Wildman–Crippen LogP) is 1.95. The molecule has 15 heavy (non-hydrogen) atoms. The average Bonchev–Trinajstić information content (AvgIpc) is 2.92. The van der Waals surface area contributed by atoms with Crippen molar-refractivity contribution in [2.45, 2.75) is 31.5 Å². The van der Waals surface area contributed by atoms with Crippen LogP contribution in [0.15, 0.2) is 17.5 Å². The molecular weight excluding hydrogens is 208 g/mol. The molecular formula is C12H14O2S. The fourth-order valence-electron chi connectivity index (χ4n) is 1.48. The molecule has 80 valence electrons. The quantitative estimate of drug-likeness (QED) is 0.751. The van der Waals surface area contributed by atoms with Crippen LogP contribution >= 0.6 is 11.3 Å². The van der Waals surface area contributed by atoms with Gasteiger partial charge in [0.2, 0.25) is 0 Å². The van der Waals surface area contributed by atoms with Crippen molar-refractivity contribution in [2.24, 2.45) is 5.92 Å². The van der Waals surface area contributed by atoms with Crippen LogP contribution in [0.1, 0.15) is 30.7 Å². The maximum absolute atomic E-state index is 9.92. The second kappa shape index (κ2) is 3.97. The van der Waals surface area contributed by atoms with Crippen molar-refractivity contribution in [3.05, 3.63) is 22.4 Å². The fraction of sp³-hybridized carbons (Fsp3) is 0.500. The SMILES string of the molecule is C[C@](O)(C#C[C@H](O)c1cccs1)C1CC1. The van der Waals surface area contributed by atoms with E-state index in [9.17, 15) is 10.2 Å². The first-order valence-electron chi connectivity index (χ1n) is 5.06. The van der Waals surface area contributed by atoms with Crippen LogP contribution in [0.3, 0.4) is 0 Å². The number of hydrogen-bond donors (Lipinski definition) is 2. The van der Waals surface area contributed by atoms with Crippen molar-refractivity contribution in [3.8, 4) is 11.8 Å². The molecule has 2 atom stereocenters. The fourth-order valence-corrected chi connectivity index (χ4v) is 2.14. The van der Waals surface area contributed by atoms with Gasteiger partial charge < -0.3 is 10.2 Å². The molecule has 1 aliphatic rings. The highest BCUT2D eigenvalue weighted by atomic mass is 32.1. The van der Waals surface area contributed by atoms with Crippen LogP contribution in [0.25, 0.3) is 0 Å². The predicted molar refractivity (Wildman–Crippen MR) is 60.4 cm³/mol. The molecule has 2 N–H and O–H groups in total. The third-order valence-corrected chi connectivity index (χ3v) is 3.57. The van der Waals surface area contributed by atoms with Gasteiger partial charge in [-0.1, -0.05) is 17.9 Å². The smallest absolute Gasteiger partial charge is 0.149 e. The highest BCUT2D eigenvalue weighted by Crippen LogP contribution is 2.39. The van der Waals surface area contributed by atoms with E-state index in [0.29, 0.717) is 5.92 Å². The van der Waals surface area contributed by atoms with E-state index < -0.39 is 11.7 Å². The molecule has 0 unspecified atom stereocenters. The normalized spacial score (nSPS) is 21.3. The van der Waals surface area contributed by atoms with Gasteiger partial charge in [-0.15, -0.1) is 11.3 Å². The van der Waals surface area contributed by atoms with Crippen LogP contribution in [0, 0.1) is 17.8 Å². The summed E-state index contributed by atoms with van der Waals surface area (Å²) in [5.74, 6) is 5.78. The second-order valence-corrected chi connectivity index (χ2v) is 5.09. The topological polar surface area (TPSA) is 40.5 Å². The summed E-state index contributed by atoms with van der Waals surface area (Å²) in [5.41, 5.74) is -0.932. The van der Waals surface area contributed by atoms with Crippen LogP contribution in [0.4, 0.5) is 0 Å². The summed E-state index contributed by atoms with van der Waals surface area (Å²) in [5, 5.41) is 21.5. The van der Waals surface area contributed by atoms with Gasteiger partial charge in [0.1, 0.15) is 11.7 Å². The van der Waals surface area contributed by atoms with E-state index in [1.54, 1.807) is 6.92 Å². The Morgan fingerprint density at radius 2 is 2.33 bits per heavy atom. The number of thiophene rings is 1. The lowest BCUT2D eigenvalue weighted by Gasteiger charge is -2.14. The van der Waals surface area contributed by atoms with Crippen LogP contribution in [-0.2, 0) is 0 Å². The average molecular weight is 222 g/mol. The molecule has 2 nitrogen and oxygen atoms in total. The summed E-state index contributed by atoms with van der Waals surface area (Å²) in [4.78, 5) is 0.828. The van der Waals surface area contributed by atoms with Crippen molar-refractivity contribution in [2.75, 3.05) is 0 Å². The van der Waals surface area contributed by atoms with Crippen molar-refractivity contribution in [3.63, 3.8) is 0 Å². The van der Waals surface area contributed by atoms with Gasteiger partial charge in [-0.05, 0) is 37.1 Å². The lowest BCUT2D eigenvalue weighted by Crippen LogP contribution is -2.24. The first kappa shape index (κ1) is 10.7. The maximum atomic E-state index is 9.92. The Bertz CT molecular complexity index is 379. The zero-order chi connectivity index (χ0) is 10.9. The van der Waals surface area contributed by atoms with Crippen LogP contribution < -0.4 is 0 Å². The van der Waals surface area contributed by atoms with Crippen molar-refractivity contribution in [1.82, 2.24) is 0 Å². The molecule has 0 amide bonds. The Labute approximate surface area is 93.6 Å².